The summed E-state index contributed by atoms with van der Waals surface area (Å²) in [5.41, 5.74) is 1.38. The number of nitrogens with zero attached hydrogens (tertiary/aromatic N) is 2. The first-order valence-electron chi connectivity index (χ1n) is 9.52. The topological polar surface area (TPSA) is 97.1 Å². The zero-order chi connectivity index (χ0) is 20.3. The summed E-state index contributed by atoms with van der Waals surface area (Å²) in [6, 6.07) is 1.66. The second-order valence-electron chi connectivity index (χ2n) is 7.63. The summed E-state index contributed by atoms with van der Waals surface area (Å²) in [5, 5.41) is 13.0. The Morgan fingerprint density at radius 2 is 2.14 bits per heavy atom. The van der Waals surface area contributed by atoms with Crippen molar-refractivity contribution in [2.24, 2.45) is 11.8 Å². The molecule has 1 aliphatic rings. The standard InChI is InChI=1S/C19H26N4O3S2/c1-10(2)9-20-18(25)21-16(24)12(4)27-19-23-22-17(26-19)15-8-13-7-11(3)5-6-14(13)28-15/h8,10-12H,5-7,9H2,1-4H3,(H2,20,21,24,25)/t11-,12-/m1/s1. The van der Waals surface area contributed by atoms with Crippen LogP contribution in [0.1, 0.15) is 44.6 Å². The molecule has 0 saturated heterocycles. The molecule has 0 fully saturated rings. The van der Waals surface area contributed by atoms with Gasteiger partial charge in [0, 0.05) is 11.4 Å². The number of hydrogen-bond acceptors (Lipinski definition) is 7. The summed E-state index contributed by atoms with van der Waals surface area (Å²) >= 11 is 2.85. The summed E-state index contributed by atoms with van der Waals surface area (Å²) in [4.78, 5) is 26.3. The minimum Gasteiger partial charge on any atom is -0.410 e. The molecule has 28 heavy (non-hydrogen) atoms. The number of nitrogens with one attached hydrogen (secondary N) is 2. The summed E-state index contributed by atoms with van der Waals surface area (Å²) in [7, 11) is 0. The predicted octanol–water partition coefficient (Wildman–Crippen LogP) is 3.89. The van der Waals surface area contributed by atoms with E-state index in [1.165, 1.54) is 16.9 Å². The zero-order valence-corrected chi connectivity index (χ0v) is 18.2. The van der Waals surface area contributed by atoms with E-state index < -0.39 is 17.2 Å². The summed E-state index contributed by atoms with van der Waals surface area (Å²) in [5.74, 6) is 1.11. The Bertz CT molecular complexity index is 846. The van der Waals surface area contributed by atoms with Gasteiger partial charge < -0.3 is 9.73 Å². The van der Waals surface area contributed by atoms with Gasteiger partial charge in [-0.05, 0) is 49.7 Å². The first-order chi connectivity index (χ1) is 13.3. The highest BCUT2D eigenvalue weighted by molar-refractivity contribution is 8.00. The van der Waals surface area contributed by atoms with Crippen molar-refractivity contribution in [1.82, 2.24) is 20.8 Å². The Kier molecular flexibility index (Phi) is 6.77. The number of amides is 3. The van der Waals surface area contributed by atoms with Crippen LogP contribution in [-0.2, 0) is 17.6 Å². The van der Waals surface area contributed by atoms with E-state index in [4.69, 9.17) is 4.42 Å². The minimum atomic E-state index is -0.532. The third-order valence-electron chi connectivity index (χ3n) is 4.50. The van der Waals surface area contributed by atoms with Gasteiger partial charge in [0.2, 0.25) is 5.91 Å². The number of aromatic nitrogens is 2. The molecule has 0 aromatic carbocycles. The van der Waals surface area contributed by atoms with Crippen molar-refractivity contribution in [2.45, 2.75) is 57.4 Å². The molecule has 3 rings (SSSR count). The van der Waals surface area contributed by atoms with Crippen molar-refractivity contribution in [3.8, 4) is 10.8 Å². The molecule has 0 radical (unpaired) electrons. The van der Waals surface area contributed by atoms with Crippen LogP contribution in [0.4, 0.5) is 4.79 Å². The van der Waals surface area contributed by atoms with Crippen LogP contribution >= 0.6 is 23.1 Å². The maximum atomic E-state index is 12.2. The molecule has 2 heterocycles. The molecular weight excluding hydrogens is 396 g/mol. The van der Waals surface area contributed by atoms with Crippen molar-refractivity contribution in [1.29, 1.82) is 0 Å². The zero-order valence-electron chi connectivity index (χ0n) is 16.6. The Morgan fingerprint density at radius 1 is 1.36 bits per heavy atom. The minimum absolute atomic E-state index is 0.315. The van der Waals surface area contributed by atoms with Crippen LogP contribution in [0.3, 0.4) is 0 Å². The molecule has 0 spiro atoms. The van der Waals surface area contributed by atoms with E-state index in [9.17, 15) is 9.59 Å². The van der Waals surface area contributed by atoms with E-state index in [1.54, 1.807) is 18.3 Å². The van der Waals surface area contributed by atoms with E-state index >= 15 is 0 Å². The molecule has 152 valence electrons. The van der Waals surface area contributed by atoms with Gasteiger partial charge in [0.25, 0.3) is 11.1 Å². The van der Waals surface area contributed by atoms with E-state index in [0.29, 0.717) is 29.5 Å². The number of aryl methyl sites for hydroxylation is 1. The smallest absolute Gasteiger partial charge is 0.321 e. The van der Waals surface area contributed by atoms with Crippen LogP contribution in [-0.4, -0.2) is 33.9 Å². The van der Waals surface area contributed by atoms with Crippen LogP contribution in [0, 0.1) is 11.8 Å². The highest BCUT2D eigenvalue weighted by Crippen LogP contribution is 2.37. The van der Waals surface area contributed by atoms with Crippen molar-refractivity contribution in [2.75, 3.05) is 6.54 Å². The van der Waals surface area contributed by atoms with Gasteiger partial charge >= 0.3 is 6.03 Å². The van der Waals surface area contributed by atoms with Gasteiger partial charge in [-0.1, -0.05) is 32.5 Å². The number of carbonyl (C=O) groups excluding carboxylic acids is 2. The lowest BCUT2D eigenvalue weighted by molar-refractivity contribution is -0.119. The number of carbonyl (C=O) groups is 2. The highest BCUT2D eigenvalue weighted by atomic mass is 32.2. The average molecular weight is 423 g/mol. The molecule has 7 nitrogen and oxygen atoms in total. The Morgan fingerprint density at radius 3 is 2.89 bits per heavy atom. The van der Waals surface area contributed by atoms with Crippen molar-refractivity contribution in [3.05, 3.63) is 16.5 Å². The van der Waals surface area contributed by atoms with E-state index in [1.807, 2.05) is 13.8 Å². The van der Waals surface area contributed by atoms with Crippen LogP contribution in [0.5, 0.6) is 0 Å². The number of rotatable bonds is 6. The monoisotopic (exact) mass is 422 g/mol. The molecule has 0 aliphatic heterocycles. The molecule has 2 aromatic rings. The highest BCUT2D eigenvalue weighted by Gasteiger charge is 2.23. The van der Waals surface area contributed by atoms with Gasteiger partial charge in [0.1, 0.15) is 0 Å². The maximum Gasteiger partial charge on any atom is 0.321 e. The summed E-state index contributed by atoms with van der Waals surface area (Å²) in [6.45, 7) is 8.45. The third kappa shape index (κ3) is 5.35. The lowest BCUT2D eigenvalue weighted by Gasteiger charge is -2.16. The van der Waals surface area contributed by atoms with E-state index in [2.05, 4.69) is 33.8 Å². The SMILES string of the molecule is CC(C)CNC(=O)NC(=O)[C@@H](C)Sc1nnc(-c2cc3c(s2)CC[C@@H](C)C3)o1. The van der Waals surface area contributed by atoms with E-state index in [-0.39, 0.29) is 0 Å². The molecule has 1 aliphatic carbocycles. The van der Waals surface area contributed by atoms with Crippen molar-refractivity contribution >= 4 is 35.0 Å². The fraction of sp³-hybridized carbons (Fsp3) is 0.579. The first-order valence-corrected chi connectivity index (χ1v) is 11.2. The fourth-order valence-electron chi connectivity index (χ4n) is 2.93. The van der Waals surface area contributed by atoms with Crippen LogP contribution in [0.15, 0.2) is 15.7 Å². The number of thioether (sulfide) groups is 1. The maximum absolute atomic E-state index is 12.2. The molecule has 9 heteroatoms. The van der Waals surface area contributed by atoms with Crippen LogP contribution in [0.25, 0.3) is 10.8 Å². The molecular formula is C19H26N4O3S2. The van der Waals surface area contributed by atoms with Gasteiger partial charge in [-0.3, -0.25) is 10.1 Å². The van der Waals surface area contributed by atoms with Crippen molar-refractivity contribution < 1.29 is 14.0 Å². The molecule has 2 N–H and O–H groups in total. The molecule has 2 atom stereocenters. The van der Waals surface area contributed by atoms with Gasteiger partial charge in [0.05, 0.1) is 10.1 Å². The Labute approximate surface area is 173 Å². The first kappa shape index (κ1) is 20.9. The number of fused-ring (bicyclic) bond motifs is 1. The third-order valence-corrected chi connectivity index (χ3v) is 6.66. The molecule has 3 amide bonds. The van der Waals surface area contributed by atoms with Crippen LogP contribution in [0.2, 0.25) is 0 Å². The summed E-state index contributed by atoms with van der Waals surface area (Å²) in [6.07, 6.45) is 3.42. The second-order valence-corrected chi connectivity index (χ2v) is 10.1. The molecule has 0 bridgehead atoms. The lowest BCUT2D eigenvalue weighted by atomic mass is 9.90. The van der Waals surface area contributed by atoms with Gasteiger partial charge in [-0.25, -0.2) is 4.79 Å². The van der Waals surface area contributed by atoms with Crippen LogP contribution < -0.4 is 10.6 Å². The fourth-order valence-corrected chi connectivity index (χ4v) is 4.74. The molecule has 0 unspecified atom stereocenters. The second kappa shape index (κ2) is 9.09. The molecule has 0 saturated carbocycles. The van der Waals surface area contributed by atoms with Gasteiger partial charge in [-0.15, -0.1) is 21.5 Å². The van der Waals surface area contributed by atoms with Gasteiger partial charge in [0.15, 0.2) is 0 Å². The summed E-state index contributed by atoms with van der Waals surface area (Å²) < 4.78 is 5.75. The number of urea groups is 1. The number of thiophene rings is 1. The largest absolute Gasteiger partial charge is 0.410 e. The van der Waals surface area contributed by atoms with Crippen molar-refractivity contribution in [3.63, 3.8) is 0 Å². The molecule has 2 aromatic heterocycles. The normalized spacial score (nSPS) is 17.2. The number of hydrogen-bond donors (Lipinski definition) is 2. The van der Waals surface area contributed by atoms with Gasteiger partial charge in [-0.2, -0.15) is 0 Å². The average Bonchev–Trinajstić information content (AvgIpc) is 3.26. The Hall–Kier alpha value is -1.87. The quantitative estimate of drug-likeness (QED) is 0.686. The van der Waals surface area contributed by atoms with E-state index in [0.717, 1.165) is 29.5 Å². The predicted molar refractivity (Wildman–Crippen MR) is 110 cm³/mol. The lowest BCUT2D eigenvalue weighted by Crippen LogP contribution is -2.43. The number of imide groups is 1. The Balaban J connectivity index is 1.57.